The summed E-state index contributed by atoms with van der Waals surface area (Å²) >= 11 is 0. The van der Waals surface area contributed by atoms with Crippen LogP contribution in [0.25, 0.3) is 0 Å². The standard InChI is InChI=1S/C14H20FN3/c1-18-13-3-2-10(15)7-11(13)12(16)6-9-4-5-17-8-14(9)18/h2-3,9-10,14,16-17H,4-8H2,1H3/t9?,10-,14?/m0/s1. The second kappa shape index (κ2) is 4.50. The van der Waals surface area contributed by atoms with Crippen molar-refractivity contribution in [2.24, 2.45) is 5.92 Å². The van der Waals surface area contributed by atoms with Crippen molar-refractivity contribution in [2.75, 3.05) is 20.1 Å². The maximum atomic E-state index is 13.5. The first kappa shape index (κ1) is 11.9. The van der Waals surface area contributed by atoms with Gasteiger partial charge in [-0.05, 0) is 43.0 Å². The van der Waals surface area contributed by atoms with Crippen LogP contribution in [0.3, 0.4) is 0 Å². The second-order valence-corrected chi connectivity index (χ2v) is 5.56. The number of fused-ring (bicyclic) bond motifs is 1. The molecule has 3 rings (SSSR count). The van der Waals surface area contributed by atoms with Gasteiger partial charge < -0.3 is 15.6 Å². The third-order valence-electron chi connectivity index (χ3n) is 4.47. The molecular formula is C14H20FN3. The Morgan fingerprint density at radius 1 is 1.44 bits per heavy atom. The molecular weight excluding hydrogens is 229 g/mol. The summed E-state index contributed by atoms with van der Waals surface area (Å²) < 4.78 is 13.5. The molecule has 1 saturated heterocycles. The number of halogens is 1. The van der Waals surface area contributed by atoms with E-state index in [-0.39, 0.29) is 0 Å². The van der Waals surface area contributed by atoms with Gasteiger partial charge in [-0.2, -0.15) is 0 Å². The van der Waals surface area contributed by atoms with Crippen molar-refractivity contribution < 1.29 is 4.39 Å². The third kappa shape index (κ3) is 1.88. The molecule has 3 nitrogen and oxygen atoms in total. The topological polar surface area (TPSA) is 39.1 Å². The summed E-state index contributed by atoms with van der Waals surface area (Å²) in [5, 5.41) is 11.7. The lowest BCUT2D eigenvalue weighted by atomic mass is 9.86. The Morgan fingerprint density at radius 3 is 3.11 bits per heavy atom. The highest BCUT2D eigenvalue weighted by atomic mass is 19.1. The monoisotopic (exact) mass is 249 g/mol. The normalized spacial score (nSPS) is 36.2. The van der Waals surface area contributed by atoms with Crippen molar-refractivity contribution in [3.05, 3.63) is 23.4 Å². The van der Waals surface area contributed by atoms with Crippen LogP contribution in [0.5, 0.6) is 0 Å². The molecule has 0 amide bonds. The molecule has 0 bridgehead atoms. The van der Waals surface area contributed by atoms with Gasteiger partial charge >= 0.3 is 0 Å². The fourth-order valence-corrected chi connectivity index (χ4v) is 3.42. The van der Waals surface area contributed by atoms with Crippen LogP contribution < -0.4 is 5.32 Å². The van der Waals surface area contributed by atoms with Crippen molar-refractivity contribution in [2.45, 2.75) is 31.5 Å². The summed E-state index contributed by atoms with van der Waals surface area (Å²) in [6.07, 6.45) is 4.86. The number of nitrogens with zero attached hydrogens (tertiary/aromatic N) is 1. The van der Waals surface area contributed by atoms with Gasteiger partial charge in [-0.1, -0.05) is 0 Å². The summed E-state index contributed by atoms with van der Waals surface area (Å²) in [7, 11) is 2.08. The van der Waals surface area contributed by atoms with Gasteiger partial charge in [0.1, 0.15) is 6.17 Å². The lowest BCUT2D eigenvalue weighted by Gasteiger charge is -2.38. The quantitative estimate of drug-likeness (QED) is 0.688. The molecule has 2 aliphatic heterocycles. The largest absolute Gasteiger partial charge is 0.370 e. The van der Waals surface area contributed by atoms with E-state index in [0.717, 1.165) is 37.2 Å². The molecule has 0 saturated carbocycles. The molecule has 3 aliphatic rings. The third-order valence-corrected chi connectivity index (χ3v) is 4.47. The summed E-state index contributed by atoms with van der Waals surface area (Å²) in [5.74, 6) is 0.529. The number of likely N-dealkylation sites (N-methyl/N-ethyl adjacent to an activating group) is 1. The lowest BCUT2D eigenvalue weighted by molar-refractivity contribution is 0.185. The number of hydrogen-bond acceptors (Lipinski definition) is 3. The van der Waals surface area contributed by atoms with Crippen molar-refractivity contribution in [1.29, 1.82) is 5.41 Å². The number of alkyl halides is 1. The van der Waals surface area contributed by atoms with Gasteiger partial charge in [0.2, 0.25) is 0 Å². The summed E-state index contributed by atoms with van der Waals surface area (Å²) in [6.45, 7) is 2.01. The predicted molar refractivity (Wildman–Crippen MR) is 70.6 cm³/mol. The minimum absolute atomic E-state index is 0.377. The molecule has 1 aliphatic carbocycles. The van der Waals surface area contributed by atoms with Crippen LogP contribution in [0.2, 0.25) is 0 Å². The molecule has 1 fully saturated rings. The highest BCUT2D eigenvalue weighted by molar-refractivity contribution is 5.99. The van der Waals surface area contributed by atoms with E-state index in [0.29, 0.717) is 24.1 Å². The number of allylic oxidation sites excluding steroid dienone is 3. The Labute approximate surface area is 107 Å². The molecule has 4 heteroatoms. The molecule has 0 aromatic rings. The molecule has 0 aromatic heterocycles. The van der Waals surface area contributed by atoms with Gasteiger partial charge in [0, 0.05) is 37.5 Å². The average Bonchev–Trinajstić information content (AvgIpc) is 2.47. The molecule has 2 heterocycles. The van der Waals surface area contributed by atoms with Crippen molar-refractivity contribution in [3.8, 4) is 0 Å². The zero-order valence-electron chi connectivity index (χ0n) is 10.7. The van der Waals surface area contributed by atoms with Crippen LogP contribution in [0.15, 0.2) is 23.4 Å². The van der Waals surface area contributed by atoms with Crippen molar-refractivity contribution in [3.63, 3.8) is 0 Å². The molecule has 2 N–H and O–H groups in total. The van der Waals surface area contributed by atoms with E-state index in [4.69, 9.17) is 5.41 Å². The molecule has 2 unspecified atom stereocenters. The Morgan fingerprint density at radius 2 is 2.28 bits per heavy atom. The maximum Gasteiger partial charge on any atom is 0.123 e. The molecule has 0 radical (unpaired) electrons. The first-order valence-electron chi connectivity index (χ1n) is 6.73. The van der Waals surface area contributed by atoms with Crippen molar-refractivity contribution in [1.82, 2.24) is 10.2 Å². The summed E-state index contributed by atoms with van der Waals surface area (Å²) in [6, 6.07) is 0.437. The highest BCUT2D eigenvalue weighted by Gasteiger charge is 2.35. The van der Waals surface area contributed by atoms with Gasteiger partial charge in [-0.15, -0.1) is 0 Å². The number of rotatable bonds is 0. The Balaban J connectivity index is 1.97. The van der Waals surface area contributed by atoms with Gasteiger partial charge in [0.05, 0.1) is 0 Å². The Bertz CT molecular complexity index is 427. The van der Waals surface area contributed by atoms with E-state index < -0.39 is 6.17 Å². The lowest BCUT2D eigenvalue weighted by Crippen LogP contribution is -2.48. The number of nitrogens with one attached hydrogen (secondary N) is 2. The van der Waals surface area contributed by atoms with E-state index in [2.05, 4.69) is 17.3 Å². The number of hydrogen-bond donors (Lipinski definition) is 2. The van der Waals surface area contributed by atoms with Gasteiger partial charge in [0.15, 0.2) is 0 Å². The first-order chi connectivity index (χ1) is 8.66. The van der Waals surface area contributed by atoms with Crippen LogP contribution in [-0.2, 0) is 0 Å². The maximum absolute atomic E-state index is 13.5. The molecule has 0 aromatic carbocycles. The van der Waals surface area contributed by atoms with Crippen LogP contribution >= 0.6 is 0 Å². The SMILES string of the molecule is CN1C2=C(C[C@@H](F)C=C2)C(=N)CC2CCNCC21. The minimum atomic E-state index is -0.921. The summed E-state index contributed by atoms with van der Waals surface area (Å²) in [5.41, 5.74) is 2.63. The van der Waals surface area contributed by atoms with Gasteiger partial charge in [-0.25, -0.2) is 4.39 Å². The fraction of sp³-hybridized carbons (Fsp3) is 0.643. The molecule has 3 atom stereocenters. The van der Waals surface area contributed by atoms with E-state index >= 15 is 0 Å². The Kier molecular flexibility index (Phi) is 2.98. The van der Waals surface area contributed by atoms with Crippen LogP contribution in [0, 0.1) is 11.3 Å². The zero-order valence-corrected chi connectivity index (χ0v) is 10.7. The van der Waals surface area contributed by atoms with Gasteiger partial charge in [-0.3, -0.25) is 0 Å². The summed E-state index contributed by atoms with van der Waals surface area (Å²) in [4.78, 5) is 2.26. The van der Waals surface area contributed by atoms with E-state index in [1.54, 1.807) is 6.08 Å². The van der Waals surface area contributed by atoms with Gasteiger partial charge in [0.25, 0.3) is 0 Å². The average molecular weight is 249 g/mol. The highest BCUT2D eigenvalue weighted by Crippen LogP contribution is 2.34. The molecule has 0 spiro atoms. The van der Waals surface area contributed by atoms with Crippen LogP contribution in [-0.4, -0.2) is 43.0 Å². The van der Waals surface area contributed by atoms with E-state index in [1.807, 2.05) is 6.08 Å². The van der Waals surface area contributed by atoms with E-state index in [9.17, 15) is 4.39 Å². The van der Waals surface area contributed by atoms with Crippen LogP contribution in [0.1, 0.15) is 19.3 Å². The fourth-order valence-electron chi connectivity index (χ4n) is 3.42. The van der Waals surface area contributed by atoms with Crippen molar-refractivity contribution >= 4 is 5.71 Å². The molecule has 18 heavy (non-hydrogen) atoms. The van der Waals surface area contributed by atoms with E-state index in [1.165, 1.54) is 0 Å². The second-order valence-electron chi connectivity index (χ2n) is 5.56. The Hall–Kier alpha value is -1.16. The predicted octanol–water partition coefficient (Wildman–Crippen LogP) is 1.87. The number of piperidine rings is 1. The minimum Gasteiger partial charge on any atom is -0.370 e. The first-order valence-corrected chi connectivity index (χ1v) is 6.73. The van der Waals surface area contributed by atoms with Crippen LogP contribution in [0.4, 0.5) is 4.39 Å². The molecule has 98 valence electrons. The zero-order chi connectivity index (χ0) is 12.7. The smallest absolute Gasteiger partial charge is 0.123 e.